The van der Waals surface area contributed by atoms with Gasteiger partial charge < -0.3 is 0 Å². The predicted octanol–water partition coefficient (Wildman–Crippen LogP) is 2.67. The van der Waals surface area contributed by atoms with Gasteiger partial charge in [-0.3, -0.25) is 15.2 Å². The molecular weight excluding hydrogens is 283 g/mol. The van der Waals surface area contributed by atoms with Gasteiger partial charge in [-0.1, -0.05) is 0 Å². The van der Waals surface area contributed by atoms with E-state index in [1.54, 1.807) is 34.8 Å². The van der Waals surface area contributed by atoms with Gasteiger partial charge in [-0.15, -0.1) is 5.12 Å². The second-order valence-corrected chi connectivity index (χ2v) is 4.79. The monoisotopic (exact) mass is 300 g/mol. The number of nitrogens with zero attached hydrogens (tertiary/aromatic N) is 3. The van der Waals surface area contributed by atoms with Gasteiger partial charge >= 0.3 is 0 Å². The van der Waals surface area contributed by atoms with Crippen LogP contribution < -0.4 is 5.43 Å². The van der Waals surface area contributed by atoms with E-state index in [2.05, 4.69) is 10.4 Å². The van der Waals surface area contributed by atoms with Crippen molar-refractivity contribution in [3.63, 3.8) is 0 Å². The molecule has 22 heavy (non-hydrogen) atoms. The van der Waals surface area contributed by atoms with E-state index >= 15 is 0 Å². The number of pyridine rings is 1. The zero-order valence-electron chi connectivity index (χ0n) is 12.5. The second kappa shape index (κ2) is 6.13. The van der Waals surface area contributed by atoms with Crippen LogP contribution in [0.4, 0.5) is 4.39 Å². The molecule has 3 rings (SSSR count). The van der Waals surface area contributed by atoms with E-state index in [1.807, 2.05) is 26.1 Å². The molecular formula is C16H17FN4O. The zero-order valence-corrected chi connectivity index (χ0v) is 12.5. The third-order valence-corrected chi connectivity index (χ3v) is 3.31. The van der Waals surface area contributed by atoms with Gasteiger partial charge in [0.2, 0.25) is 0 Å². The lowest BCUT2D eigenvalue weighted by atomic mass is 10.1. The summed E-state index contributed by atoms with van der Waals surface area (Å²) in [7, 11) is 1.85. The van der Waals surface area contributed by atoms with Gasteiger partial charge in [-0.05, 0) is 43.3 Å². The molecule has 1 N–H and O–H groups in total. The average molecular weight is 300 g/mol. The van der Waals surface area contributed by atoms with E-state index in [0.29, 0.717) is 6.61 Å². The molecule has 1 aromatic heterocycles. The highest BCUT2D eigenvalue weighted by molar-refractivity contribution is 5.89. The lowest BCUT2D eigenvalue weighted by Crippen LogP contribution is -2.39. The number of aromatic nitrogens is 1. The van der Waals surface area contributed by atoms with E-state index < -0.39 is 0 Å². The molecule has 2 heterocycles. The van der Waals surface area contributed by atoms with Crippen molar-refractivity contribution in [3.8, 4) is 0 Å². The largest absolute Gasteiger partial charge is 0.297 e. The summed E-state index contributed by atoms with van der Waals surface area (Å²) in [6.45, 7) is 2.45. The van der Waals surface area contributed by atoms with Crippen LogP contribution in [0.3, 0.4) is 0 Å². The fourth-order valence-corrected chi connectivity index (χ4v) is 2.36. The first kappa shape index (κ1) is 14.5. The van der Waals surface area contributed by atoms with Crippen LogP contribution in [0.15, 0.2) is 48.8 Å². The van der Waals surface area contributed by atoms with Crippen LogP contribution in [0, 0.1) is 5.82 Å². The first-order chi connectivity index (χ1) is 10.7. The second-order valence-electron chi connectivity index (χ2n) is 4.79. The maximum absolute atomic E-state index is 13.2. The summed E-state index contributed by atoms with van der Waals surface area (Å²) in [5.74, 6) is -0.261. The molecule has 1 aliphatic heterocycles. The van der Waals surface area contributed by atoms with Crippen molar-refractivity contribution in [2.75, 3.05) is 13.7 Å². The van der Waals surface area contributed by atoms with Crippen LogP contribution in [-0.2, 0) is 4.84 Å². The SMILES string of the molecule is CCON1C(c2ccncc2)=C(c2ccc(F)cc2)NN1C. The molecule has 114 valence electrons. The molecule has 0 saturated heterocycles. The highest BCUT2D eigenvalue weighted by atomic mass is 19.1. The van der Waals surface area contributed by atoms with E-state index in [0.717, 1.165) is 22.5 Å². The van der Waals surface area contributed by atoms with Gasteiger partial charge in [0.05, 0.1) is 12.3 Å². The van der Waals surface area contributed by atoms with Gasteiger partial charge in [0.25, 0.3) is 0 Å². The third-order valence-electron chi connectivity index (χ3n) is 3.31. The summed E-state index contributed by atoms with van der Waals surface area (Å²) < 4.78 is 13.2. The number of rotatable bonds is 4. The minimum atomic E-state index is -0.261. The Labute approximate surface area is 128 Å². The predicted molar refractivity (Wildman–Crippen MR) is 81.8 cm³/mol. The van der Waals surface area contributed by atoms with Crippen LogP contribution in [0.5, 0.6) is 0 Å². The topological polar surface area (TPSA) is 40.6 Å². The summed E-state index contributed by atoms with van der Waals surface area (Å²) in [6, 6.07) is 10.2. The van der Waals surface area contributed by atoms with E-state index in [9.17, 15) is 4.39 Å². The highest BCUT2D eigenvalue weighted by Gasteiger charge is 2.30. The van der Waals surface area contributed by atoms with Crippen molar-refractivity contribution in [1.82, 2.24) is 20.7 Å². The van der Waals surface area contributed by atoms with E-state index in [4.69, 9.17) is 4.84 Å². The van der Waals surface area contributed by atoms with Crippen molar-refractivity contribution in [2.45, 2.75) is 6.92 Å². The lowest BCUT2D eigenvalue weighted by molar-refractivity contribution is -0.230. The quantitative estimate of drug-likeness (QED) is 0.940. The first-order valence-corrected chi connectivity index (χ1v) is 7.04. The number of nitrogens with one attached hydrogen (secondary N) is 1. The molecule has 0 aliphatic carbocycles. The van der Waals surface area contributed by atoms with Crippen molar-refractivity contribution >= 4 is 11.4 Å². The maximum Gasteiger partial charge on any atom is 0.123 e. The Balaban J connectivity index is 2.12. The lowest BCUT2D eigenvalue weighted by Gasteiger charge is -2.26. The van der Waals surface area contributed by atoms with Gasteiger partial charge in [-0.25, -0.2) is 4.39 Å². The molecule has 0 spiro atoms. The van der Waals surface area contributed by atoms with Crippen LogP contribution in [-0.4, -0.2) is 28.9 Å². The molecule has 2 aromatic rings. The minimum absolute atomic E-state index is 0.261. The standard InChI is InChI=1S/C16H17FN4O/c1-3-22-21-16(13-8-10-18-11-9-13)15(19-20(21)2)12-4-6-14(17)7-5-12/h4-11,19H,3H2,1-2H3. The molecule has 0 fully saturated rings. The Morgan fingerprint density at radius 1 is 1.09 bits per heavy atom. The van der Waals surface area contributed by atoms with Crippen LogP contribution in [0.25, 0.3) is 11.4 Å². The fraction of sp³-hybridized carbons (Fsp3) is 0.188. The summed E-state index contributed by atoms with van der Waals surface area (Å²) >= 11 is 0. The number of benzene rings is 1. The Hall–Kier alpha value is -2.44. The molecule has 0 atom stereocenters. The van der Waals surface area contributed by atoms with Crippen molar-refractivity contribution < 1.29 is 9.23 Å². The molecule has 0 unspecified atom stereocenters. The fourth-order valence-electron chi connectivity index (χ4n) is 2.36. The first-order valence-electron chi connectivity index (χ1n) is 7.04. The number of hydrogen-bond acceptors (Lipinski definition) is 5. The molecule has 0 bridgehead atoms. The van der Waals surface area contributed by atoms with Crippen molar-refractivity contribution in [3.05, 3.63) is 65.7 Å². The smallest absolute Gasteiger partial charge is 0.123 e. The summed E-state index contributed by atoms with van der Waals surface area (Å²) in [4.78, 5) is 9.75. The Bertz CT molecular complexity index is 672. The molecule has 1 aliphatic rings. The Morgan fingerprint density at radius 2 is 1.77 bits per heavy atom. The number of hydroxylamine groups is 1. The van der Waals surface area contributed by atoms with Crippen molar-refractivity contribution in [2.24, 2.45) is 0 Å². The molecule has 0 saturated carbocycles. The number of hydrogen-bond donors (Lipinski definition) is 1. The van der Waals surface area contributed by atoms with Gasteiger partial charge in [0, 0.05) is 30.6 Å². The Morgan fingerprint density at radius 3 is 2.41 bits per heavy atom. The highest BCUT2D eigenvalue weighted by Crippen LogP contribution is 2.33. The van der Waals surface area contributed by atoms with Crippen LogP contribution in [0.2, 0.25) is 0 Å². The summed E-state index contributed by atoms with van der Waals surface area (Å²) in [5.41, 5.74) is 6.79. The van der Waals surface area contributed by atoms with Gasteiger partial charge in [-0.2, -0.15) is 5.17 Å². The zero-order chi connectivity index (χ0) is 15.5. The molecule has 6 heteroatoms. The summed E-state index contributed by atoms with van der Waals surface area (Å²) in [6.07, 6.45) is 3.46. The Kier molecular flexibility index (Phi) is 4.04. The normalized spacial score (nSPS) is 15.3. The molecule has 1 aromatic carbocycles. The van der Waals surface area contributed by atoms with Gasteiger partial charge in [0.1, 0.15) is 11.5 Å². The van der Waals surface area contributed by atoms with Gasteiger partial charge in [0.15, 0.2) is 0 Å². The molecule has 0 amide bonds. The van der Waals surface area contributed by atoms with Crippen LogP contribution in [0.1, 0.15) is 18.1 Å². The summed E-state index contributed by atoms with van der Waals surface area (Å²) in [5, 5.41) is 3.44. The minimum Gasteiger partial charge on any atom is -0.297 e. The average Bonchev–Trinajstić information content (AvgIpc) is 2.86. The molecule has 0 radical (unpaired) electrons. The van der Waals surface area contributed by atoms with E-state index in [-0.39, 0.29) is 5.82 Å². The maximum atomic E-state index is 13.2. The van der Waals surface area contributed by atoms with Crippen LogP contribution >= 0.6 is 0 Å². The number of hydrazine groups is 2. The number of halogens is 1. The third kappa shape index (κ3) is 2.66. The molecule has 5 nitrogen and oxygen atoms in total. The van der Waals surface area contributed by atoms with E-state index in [1.165, 1.54) is 12.1 Å². The van der Waals surface area contributed by atoms with Crippen molar-refractivity contribution in [1.29, 1.82) is 0 Å².